The Bertz CT molecular complexity index is 1100. The average Bonchev–Trinajstić information content (AvgIpc) is 3.07. The summed E-state index contributed by atoms with van der Waals surface area (Å²) < 4.78 is 5.94. The molecule has 6 nitrogen and oxygen atoms in total. The summed E-state index contributed by atoms with van der Waals surface area (Å²) in [5.41, 5.74) is 1.43. The van der Waals surface area contributed by atoms with Crippen LogP contribution in [-0.4, -0.2) is 46.5 Å². The van der Waals surface area contributed by atoms with Crippen LogP contribution in [0.1, 0.15) is 30.4 Å². The van der Waals surface area contributed by atoms with Crippen molar-refractivity contribution in [3.8, 4) is 5.75 Å². The summed E-state index contributed by atoms with van der Waals surface area (Å²) in [5.74, 6) is -0.363. The lowest BCUT2D eigenvalue weighted by molar-refractivity contribution is -0.136. The fraction of sp³-hybridized carbons (Fsp3) is 0.292. The zero-order chi connectivity index (χ0) is 23.4. The number of thioether (sulfide) groups is 1. The number of nitrogens with zero attached hydrogens (tertiary/aromatic N) is 2. The highest BCUT2D eigenvalue weighted by Crippen LogP contribution is 2.38. The molecular formula is C24H22Cl2N2O4S. The monoisotopic (exact) mass is 504 g/mol. The maximum Gasteiger partial charge on any atom is 0.294 e. The van der Waals surface area contributed by atoms with Crippen molar-refractivity contribution >= 4 is 58.1 Å². The van der Waals surface area contributed by atoms with Crippen molar-refractivity contribution in [1.29, 1.82) is 0 Å². The van der Waals surface area contributed by atoms with Gasteiger partial charge in [0.25, 0.3) is 11.1 Å². The number of carbonyl (C=O) groups excluding carboxylic acids is 3. The molecule has 3 amide bonds. The van der Waals surface area contributed by atoms with Gasteiger partial charge in [0, 0.05) is 23.7 Å². The summed E-state index contributed by atoms with van der Waals surface area (Å²) in [4.78, 5) is 40.9. The van der Waals surface area contributed by atoms with E-state index in [1.165, 1.54) is 6.08 Å². The first-order chi connectivity index (χ1) is 15.9. The summed E-state index contributed by atoms with van der Waals surface area (Å²) in [6.07, 6.45) is 4.50. The predicted molar refractivity (Wildman–Crippen MR) is 130 cm³/mol. The van der Waals surface area contributed by atoms with Gasteiger partial charge in [-0.2, -0.15) is 0 Å². The van der Waals surface area contributed by atoms with Gasteiger partial charge in [0.05, 0.1) is 9.93 Å². The van der Waals surface area contributed by atoms with E-state index in [2.05, 4.69) is 0 Å². The number of rotatable bonds is 6. The van der Waals surface area contributed by atoms with Crippen LogP contribution in [0.3, 0.4) is 0 Å². The van der Waals surface area contributed by atoms with Crippen molar-refractivity contribution < 1.29 is 19.1 Å². The predicted octanol–water partition coefficient (Wildman–Crippen LogP) is 5.62. The number of halogens is 2. The van der Waals surface area contributed by atoms with Crippen LogP contribution in [-0.2, 0) is 16.2 Å². The molecule has 2 heterocycles. The number of likely N-dealkylation sites (tertiary alicyclic amines) is 1. The van der Waals surface area contributed by atoms with Crippen molar-refractivity contribution in [2.45, 2.75) is 25.9 Å². The van der Waals surface area contributed by atoms with Crippen molar-refractivity contribution in [3.05, 3.63) is 68.5 Å². The van der Waals surface area contributed by atoms with Crippen molar-refractivity contribution in [2.24, 2.45) is 0 Å². The van der Waals surface area contributed by atoms with E-state index in [0.717, 1.165) is 41.5 Å². The van der Waals surface area contributed by atoms with Crippen LogP contribution in [0.15, 0.2) is 47.4 Å². The Kier molecular flexibility index (Phi) is 7.63. The number of piperidine rings is 1. The Hall–Kier alpha value is -2.48. The molecule has 172 valence electrons. The highest BCUT2D eigenvalue weighted by atomic mass is 35.5. The third-order valence-corrected chi connectivity index (χ3v) is 6.83. The van der Waals surface area contributed by atoms with Crippen molar-refractivity contribution in [3.63, 3.8) is 0 Å². The van der Waals surface area contributed by atoms with Gasteiger partial charge in [-0.05, 0) is 54.8 Å². The Morgan fingerprint density at radius 3 is 2.52 bits per heavy atom. The lowest BCUT2D eigenvalue weighted by Crippen LogP contribution is -2.44. The molecule has 0 unspecified atom stereocenters. The molecule has 0 spiro atoms. The first kappa shape index (κ1) is 23.7. The van der Waals surface area contributed by atoms with E-state index in [0.29, 0.717) is 34.4 Å². The number of ether oxygens (including phenoxy) is 1. The van der Waals surface area contributed by atoms with Gasteiger partial charge in [0.2, 0.25) is 5.91 Å². The lowest BCUT2D eigenvalue weighted by atomic mass is 10.1. The summed E-state index contributed by atoms with van der Waals surface area (Å²) >= 11 is 13.3. The van der Waals surface area contributed by atoms with Gasteiger partial charge in [-0.1, -0.05) is 53.5 Å². The van der Waals surface area contributed by atoms with Crippen LogP contribution < -0.4 is 4.74 Å². The molecule has 0 saturated carbocycles. The molecule has 0 N–H and O–H groups in total. The highest BCUT2D eigenvalue weighted by molar-refractivity contribution is 8.18. The molecule has 0 radical (unpaired) electrons. The number of carbonyl (C=O) groups is 3. The van der Waals surface area contributed by atoms with E-state index in [1.54, 1.807) is 17.0 Å². The second kappa shape index (κ2) is 10.6. The zero-order valence-electron chi connectivity index (χ0n) is 17.8. The van der Waals surface area contributed by atoms with Crippen LogP contribution in [0.2, 0.25) is 10.0 Å². The normalized spacial score (nSPS) is 17.7. The minimum atomic E-state index is -0.513. The Balaban J connectivity index is 1.53. The summed E-state index contributed by atoms with van der Waals surface area (Å²) in [7, 11) is 0. The fourth-order valence-corrected chi connectivity index (χ4v) is 5.12. The molecule has 2 aromatic rings. The second-order valence-corrected chi connectivity index (χ2v) is 9.63. The SMILES string of the molecule is O=C(CN1C(=O)S/C(=C\c2cc(Cl)cc(Cl)c2OCc2ccccc2)C1=O)N1CCCCC1. The van der Waals surface area contributed by atoms with Gasteiger partial charge in [-0.15, -0.1) is 0 Å². The van der Waals surface area contributed by atoms with Crippen LogP contribution >= 0.6 is 35.0 Å². The maximum absolute atomic E-state index is 12.9. The first-order valence-corrected chi connectivity index (χ1v) is 12.2. The molecule has 0 aromatic heterocycles. The van der Waals surface area contributed by atoms with Crippen LogP contribution in [0, 0.1) is 0 Å². The Labute approximate surface area is 206 Å². The van der Waals surface area contributed by atoms with Gasteiger partial charge in [0.15, 0.2) is 0 Å². The second-order valence-electron chi connectivity index (χ2n) is 7.79. The fourth-order valence-electron chi connectivity index (χ4n) is 3.73. The van der Waals surface area contributed by atoms with Gasteiger partial charge in [-0.3, -0.25) is 19.3 Å². The molecule has 9 heteroatoms. The van der Waals surface area contributed by atoms with E-state index in [1.807, 2.05) is 30.3 Å². The van der Waals surface area contributed by atoms with Crippen LogP contribution in [0.5, 0.6) is 5.75 Å². The van der Waals surface area contributed by atoms with Crippen molar-refractivity contribution in [1.82, 2.24) is 9.80 Å². The average molecular weight is 505 g/mol. The van der Waals surface area contributed by atoms with E-state index in [4.69, 9.17) is 27.9 Å². The highest BCUT2D eigenvalue weighted by Gasteiger charge is 2.37. The number of benzene rings is 2. The molecule has 4 rings (SSSR count). The first-order valence-electron chi connectivity index (χ1n) is 10.6. The topological polar surface area (TPSA) is 66.9 Å². The van der Waals surface area contributed by atoms with Gasteiger partial charge in [0.1, 0.15) is 18.9 Å². The van der Waals surface area contributed by atoms with Crippen molar-refractivity contribution in [2.75, 3.05) is 19.6 Å². The Morgan fingerprint density at radius 2 is 1.79 bits per heavy atom. The third kappa shape index (κ3) is 5.72. The standard InChI is InChI=1S/C24H22Cl2N2O4S/c25-18-11-17(22(19(26)13-18)32-15-16-7-3-1-4-8-16)12-20-23(30)28(24(31)33-20)14-21(29)27-9-5-2-6-10-27/h1,3-4,7-8,11-13H,2,5-6,9-10,14-15H2/b20-12-. The van der Waals surface area contributed by atoms with Gasteiger partial charge in [-0.25, -0.2) is 0 Å². The van der Waals surface area contributed by atoms with Gasteiger partial charge < -0.3 is 9.64 Å². The molecule has 0 aliphatic carbocycles. The number of hydrogen-bond donors (Lipinski definition) is 0. The molecule has 0 bridgehead atoms. The van der Waals surface area contributed by atoms with E-state index in [-0.39, 0.29) is 24.0 Å². The molecule has 33 heavy (non-hydrogen) atoms. The number of hydrogen-bond acceptors (Lipinski definition) is 5. The minimum Gasteiger partial charge on any atom is -0.487 e. The molecule has 2 saturated heterocycles. The summed E-state index contributed by atoms with van der Waals surface area (Å²) in [6, 6.07) is 12.8. The quantitative estimate of drug-likeness (QED) is 0.477. The zero-order valence-corrected chi connectivity index (χ0v) is 20.1. The smallest absolute Gasteiger partial charge is 0.294 e. The van der Waals surface area contributed by atoms with E-state index < -0.39 is 11.1 Å². The molecule has 2 fully saturated rings. The van der Waals surface area contributed by atoms with Crippen LogP contribution in [0.4, 0.5) is 4.79 Å². The molecular weight excluding hydrogens is 483 g/mol. The number of amides is 3. The minimum absolute atomic E-state index is 0.189. The molecule has 0 atom stereocenters. The largest absolute Gasteiger partial charge is 0.487 e. The van der Waals surface area contributed by atoms with Gasteiger partial charge >= 0.3 is 0 Å². The van der Waals surface area contributed by atoms with Crippen LogP contribution in [0.25, 0.3) is 6.08 Å². The molecule has 2 aromatic carbocycles. The third-order valence-electron chi connectivity index (χ3n) is 5.43. The summed E-state index contributed by atoms with van der Waals surface area (Å²) in [5, 5.41) is 0.193. The number of imide groups is 1. The molecule has 2 aliphatic rings. The lowest BCUT2D eigenvalue weighted by Gasteiger charge is -2.27. The molecule has 2 aliphatic heterocycles. The van der Waals surface area contributed by atoms with E-state index in [9.17, 15) is 14.4 Å². The summed E-state index contributed by atoms with van der Waals surface area (Å²) in [6.45, 7) is 1.34. The van der Waals surface area contributed by atoms with E-state index >= 15 is 0 Å². The Morgan fingerprint density at radius 1 is 1.06 bits per heavy atom. The maximum atomic E-state index is 12.9.